The first-order chi connectivity index (χ1) is 14.9. The predicted molar refractivity (Wildman–Crippen MR) is 113 cm³/mol. The van der Waals surface area contributed by atoms with Crippen LogP contribution in [0.2, 0.25) is 0 Å². The lowest BCUT2D eigenvalue weighted by molar-refractivity contribution is -0.123. The Balaban J connectivity index is 1.19. The fourth-order valence-corrected chi connectivity index (χ4v) is 4.89. The van der Waals surface area contributed by atoms with Gasteiger partial charge in [0, 0.05) is 39.7 Å². The van der Waals surface area contributed by atoms with E-state index in [9.17, 15) is 4.79 Å². The Morgan fingerprint density at radius 3 is 2.66 bits per heavy atom. The number of piperazine rings is 1. The van der Waals surface area contributed by atoms with Crippen molar-refractivity contribution in [3.8, 4) is 11.5 Å². The number of methoxy groups -OCH3 is 1. The molecule has 0 spiro atoms. The summed E-state index contributed by atoms with van der Waals surface area (Å²) >= 11 is 0. The molecule has 4 rings (SSSR count). The van der Waals surface area contributed by atoms with Gasteiger partial charge in [0.15, 0.2) is 17.3 Å². The van der Waals surface area contributed by atoms with E-state index >= 15 is 0 Å². The number of nitrogens with zero attached hydrogens (tertiary/aromatic N) is 2. The molecule has 1 saturated heterocycles. The van der Waals surface area contributed by atoms with Crippen molar-refractivity contribution in [1.82, 2.24) is 4.90 Å². The molecule has 1 saturated carbocycles. The maximum Gasteiger partial charge on any atom is 0.231 e. The molecule has 6 heteroatoms. The quantitative estimate of drug-likeness (QED) is 0.662. The van der Waals surface area contributed by atoms with Crippen LogP contribution in [0.15, 0.2) is 18.2 Å². The fraction of sp³-hybridized carbons (Fsp3) is 0.696. The van der Waals surface area contributed by atoms with E-state index < -0.39 is 6.75 Å². The Kier molecular flexibility index (Phi) is 6.09. The van der Waals surface area contributed by atoms with Gasteiger partial charge in [-0.05, 0) is 49.8 Å². The zero-order valence-electron chi connectivity index (χ0n) is 19.4. The molecular weight excluding hydrogens is 368 g/mol. The first kappa shape index (κ1) is 18.0. The average molecular weight is 405 g/mol. The maximum absolute atomic E-state index is 11.8. The van der Waals surface area contributed by atoms with Crippen LogP contribution >= 0.6 is 0 Å². The molecule has 2 aliphatic heterocycles. The molecule has 6 nitrogen and oxygen atoms in total. The van der Waals surface area contributed by atoms with E-state index in [2.05, 4.69) is 9.80 Å². The number of para-hydroxylation sites is 1. The van der Waals surface area contributed by atoms with Crippen molar-refractivity contribution >= 4 is 11.5 Å². The third kappa shape index (κ3) is 5.23. The van der Waals surface area contributed by atoms with Crippen molar-refractivity contribution in [2.75, 3.05) is 58.1 Å². The average Bonchev–Trinajstić information content (AvgIpc) is 3.07. The largest absolute Gasteiger partial charge is 0.454 e. The Morgan fingerprint density at radius 1 is 1.14 bits per heavy atom. The van der Waals surface area contributed by atoms with Crippen LogP contribution in [0, 0.1) is 11.8 Å². The SMILES string of the molecule is [2H]C1([2H])Oc2cccc(N3CCN(CCC4CCC(CC(=O)COC)CC4)CC3)c2O1. The van der Waals surface area contributed by atoms with Crippen molar-refractivity contribution in [1.29, 1.82) is 0 Å². The number of hydrogen-bond acceptors (Lipinski definition) is 6. The summed E-state index contributed by atoms with van der Waals surface area (Å²) in [5.74, 6) is 2.55. The van der Waals surface area contributed by atoms with Gasteiger partial charge in [0.2, 0.25) is 6.75 Å². The van der Waals surface area contributed by atoms with Gasteiger partial charge < -0.3 is 19.1 Å². The number of Topliss-reactive ketones (excluding diaryl/α,β-unsaturated/α-hetero) is 1. The molecule has 29 heavy (non-hydrogen) atoms. The molecule has 0 unspecified atom stereocenters. The van der Waals surface area contributed by atoms with E-state index in [0.29, 0.717) is 23.8 Å². The Bertz CT molecular complexity index is 760. The van der Waals surface area contributed by atoms with Crippen molar-refractivity contribution in [3.05, 3.63) is 18.2 Å². The van der Waals surface area contributed by atoms with Crippen LogP contribution in [0.3, 0.4) is 0 Å². The van der Waals surface area contributed by atoms with Gasteiger partial charge in [-0.25, -0.2) is 0 Å². The molecule has 0 atom stereocenters. The summed E-state index contributed by atoms with van der Waals surface area (Å²) in [5.41, 5.74) is 0.917. The van der Waals surface area contributed by atoms with Gasteiger partial charge in [-0.3, -0.25) is 9.69 Å². The molecule has 1 aromatic rings. The minimum atomic E-state index is -2.09. The van der Waals surface area contributed by atoms with Crippen LogP contribution in [-0.2, 0) is 9.53 Å². The molecule has 2 heterocycles. The summed E-state index contributed by atoms with van der Waals surface area (Å²) in [4.78, 5) is 16.6. The second kappa shape index (κ2) is 9.81. The topological polar surface area (TPSA) is 51.2 Å². The van der Waals surface area contributed by atoms with E-state index in [-0.39, 0.29) is 12.4 Å². The number of ether oxygens (including phenoxy) is 3. The number of anilines is 1. The van der Waals surface area contributed by atoms with Crippen LogP contribution in [0.4, 0.5) is 5.69 Å². The number of fused-ring (bicyclic) bond motifs is 1. The summed E-state index contributed by atoms with van der Waals surface area (Å²) in [6.07, 6.45) is 6.73. The fourth-order valence-electron chi connectivity index (χ4n) is 4.89. The van der Waals surface area contributed by atoms with Crippen molar-refractivity contribution in [2.24, 2.45) is 11.8 Å². The van der Waals surface area contributed by atoms with Gasteiger partial charge in [0.1, 0.15) is 9.35 Å². The van der Waals surface area contributed by atoms with Gasteiger partial charge in [-0.15, -0.1) is 0 Å². The number of carbonyl (C=O) groups is 1. The molecule has 1 aliphatic carbocycles. The number of rotatable bonds is 8. The first-order valence-electron chi connectivity index (χ1n) is 11.9. The van der Waals surface area contributed by atoms with Crippen LogP contribution in [0.25, 0.3) is 0 Å². The molecule has 160 valence electrons. The lowest BCUT2D eigenvalue weighted by Gasteiger charge is -2.37. The number of hydrogen-bond donors (Lipinski definition) is 0. The second-order valence-corrected chi connectivity index (χ2v) is 8.57. The summed E-state index contributed by atoms with van der Waals surface area (Å²) < 4.78 is 31.0. The predicted octanol–water partition coefficient (Wildman–Crippen LogP) is 3.34. The minimum absolute atomic E-state index is 0.237. The third-order valence-corrected chi connectivity index (χ3v) is 6.61. The molecule has 0 bridgehead atoms. The Hall–Kier alpha value is -1.79. The van der Waals surface area contributed by atoms with E-state index in [4.69, 9.17) is 17.0 Å². The van der Waals surface area contributed by atoms with E-state index in [1.54, 1.807) is 13.2 Å². The number of carbonyl (C=O) groups excluding carboxylic acids is 1. The van der Waals surface area contributed by atoms with Crippen molar-refractivity contribution < 1.29 is 21.7 Å². The highest BCUT2D eigenvalue weighted by atomic mass is 16.7. The lowest BCUT2D eigenvalue weighted by atomic mass is 9.78. The Labute approximate surface area is 176 Å². The molecule has 1 aromatic carbocycles. The van der Waals surface area contributed by atoms with E-state index in [1.807, 2.05) is 12.1 Å². The smallest absolute Gasteiger partial charge is 0.231 e. The number of benzene rings is 1. The Morgan fingerprint density at radius 2 is 1.90 bits per heavy atom. The zero-order chi connectivity index (χ0) is 21.8. The van der Waals surface area contributed by atoms with Gasteiger partial charge in [0.05, 0.1) is 5.69 Å². The monoisotopic (exact) mass is 404 g/mol. The second-order valence-electron chi connectivity index (χ2n) is 8.57. The maximum atomic E-state index is 11.8. The van der Waals surface area contributed by atoms with E-state index in [1.165, 1.54) is 32.1 Å². The summed E-state index contributed by atoms with van der Waals surface area (Å²) in [7, 11) is 1.59. The number of ketones is 1. The van der Waals surface area contributed by atoms with Gasteiger partial charge in [-0.2, -0.15) is 0 Å². The summed E-state index contributed by atoms with van der Waals surface area (Å²) in [6.45, 7) is 3.09. The van der Waals surface area contributed by atoms with E-state index in [0.717, 1.165) is 44.3 Å². The third-order valence-electron chi connectivity index (χ3n) is 6.61. The molecule has 2 fully saturated rings. The van der Waals surface area contributed by atoms with Gasteiger partial charge in [-0.1, -0.05) is 18.9 Å². The lowest BCUT2D eigenvalue weighted by Crippen LogP contribution is -2.47. The summed E-state index contributed by atoms with van der Waals surface area (Å²) in [6, 6.07) is 5.63. The zero-order valence-corrected chi connectivity index (χ0v) is 17.4. The van der Waals surface area contributed by atoms with Crippen molar-refractivity contribution in [3.63, 3.8) is 0 Å². The van der Waals surface area contributed by atoms with Gasteiger partial charge in [0.25, 0.3) is 0 Å². The summed E-state index contributed by atoms with van der Waals surface area (Å²) in [5, 5.41) is 0. The first-order valence-corrected chi connectivity index (χ1v) is 10.9. The molecule has 0 N–H and O–H groups in total. The van der Waals surface area contributed by atoms with Crippen LogP contribution in [0.1, 0.15) is 41.3 Å². The van der Waals surface area contributed by atoms with Crippen LogP contribution in [-0.4, -0.2) is 63.9 Å². The highest BCUT2D eigenvalue weighted by Gasteiger charge is 2.26. The van der Waals surface area contributed by atoms with Crippen LogP contribution < -0.4 is 14.4 Å². The van der Waals surface area contributed by atoms with Gasteiger partial charge >= 0.3 is 0 Å². The molecule has 0 aromatic heterocycles. The molecular formula is C23H34N2O4. The van der Waals surface area contributed by atoms with Crippen LogP contribution in [0.5, 0.6) is 11.5 Å². The standard InChI is InChI=1S/C23H34N2O4/c1-27-16-20(26)15-19-7-5-18(6-8-19)9-10-24-11-13-25(14-12-24)21-3-2-4-22-23(21)29-17-28-22/h2-4,18-19H,5-17H2,1H3/i17D2. The molecule has 0 radical (unpaired) electrons. The normalized spacial score (nSPS) is 27.4. The highest BCUT2D eigenvalue weighted by molar-refractivity contribution is 5.79. The van der Waals surface area contributed by atoms with Crippen molar-refractivity contribution in [2.45, 2.75) is 38.5 Å². The minimum Gasteiger partial charge on any atom is -0.454 e. The molecule has 3 aliphatic rings. The molecule has 0 amide bonds. The highest BCUT2D eigenvalue weighted by Crippen LogP contribution is 2.41.